The minimum Gasteiger partial charge on any atom is -0.340 e. The molecule has 1 aromatic carbocycles. The zero-order valence-corrected chi connectivity index (χ0v) is 8.27. The van der Waals surface area contributed by atoms with E-state index in [0.29, 0.717) is 0 Å². The molecule has 1 aromatic heterocycles. The summed E-state index contributed by atoms with van der Waals surface area (Å²) in [5, 5.41) is 5.84. The van der Waals surface area contributed by atoms with Crippen LogP contribution in [0.3, 0.4) is 0 Å². The van der Waals surface area contributed by atoms with Crippen molar-refractivity contribution in [3.05, 3.63) is 40.2 Å². The van der Waals surface area contributed by atoms with Gasteiger partial charge in [-0.15, -0.1) is 11.3 Å². The van der Waals surface area contributed by atoms with Gasteiger partial charge in [0.1, 0.15) is 5.82 Å². The topological polar surface area (TPSA) is 24.9 Å². The number of rotatable bonds is 2. The van der Waals surface area contributed by atoms with E-state index in [0.717, 1.165) is 16.5 Å². The van der Waals surface area contributed by atoms with Gasteiger partial charge in [0.15, 0.2) is 0 Å². The van der Waals surface area contributed by atoms with Crippen molar-refractivity contribution in [3.8, 4) is 0 Å². The normalized spacial score (nSPS) is 9.92. The molecule has 2 rings (SSSR count). The Morgan fingerprint density at radius 3 is 2.62 bits per heavy atom. The number of hydrogen-bond acceptors (Lipinski definition) is 3. The Bertz CT molecular complexity index is 369. The van der Waals surface area contributed by atoms with Gasteiger partial charge in [0, 0.05) is 16.1 Å². The van der Waals surface area contributed by atoms with E-state index in [2.05, 4.69) is 10.3 Å². The quantitative estimate of drug-likeness (QED) is 0.820. The van der Waals surface area contributed by atoms with Crippen molar-refractivity contribution in [2.75, 3.05) is 5.32 Å². The van der Waals surface area contributed by atoms with Gasteiger partial charge in [0.2, 0.25) is 0 Å². The van der Waals surface area contributed by atoms with Crippen LogP contribution in [-0.4, -0.2) is 4.98 Å². The second-order valence-electron chi connectivity index (χ2n) is 2.51. The molecule has 0 aliphatic rings. The second kappa shape index (κ2) is 3.77. The van der Waals surface area contributed by atoms with E-state index in [1.807, 2.05) is 29.6 Å². The molecule has 0 unspecified atom stereocenters. The van der Waals surface area contributed by atoms with E-state index in [-0.39, 0.29) is 0 Å². The number of nitrogens with zero attached hydrogens (tertiary/aromatic N) is 1. The van der Waals surface area contributed by atoms with E-state index < -0.39 is 0 Å². The van der Waals surface area contributed by atoms with E-state index in [1.165, 1.54) is 0 Å². The van der Waals surface area contributed by atoms with Crippen molar-refractivity contribution in [1.82, 2.24) is 4.98 Å². The van der Waals surface area contributed by atoms with Gasteiger partial charge in [-0.2, -0.15) is 0 Å². The summed E-state index contributed by atoms with van der Waals surface area (Å²) in [4.78, 5) is 4.11. The molecule has 66 valence electrons. The van der Waals surface area contributed by atoms with E-state index >= 15 is 0 Å². The van der Waals surface area contributed by atoms with Crippen molar-refractivity contribution in [1.29, 1.82) is 0 Å². The molecule has 13 heavy (non-hydrogen) atoms. The fourth-order valence-corrected chi connectivity index (χ4v) is 1.57. The Balaban J connectivity index is 2.15. The van der Waals surface area contributed by atoms with Crippen molar-refractivity contribution in [2.24, 2.45) is 0 Å². The van der Waals surface area contributed by atoms with Crippen molar-refractivity contribution >= 4 is 34.4 Å². The van der Waals surface area contributed by atoms with Crippen LogP contribution < -0.4 is 5.32 Å². The lowest BCUT2D eigenvalue weighted by Crippen LogP contribution is -1.88. The predicted octanol–water partition coefficient (Wildman–Crippen LogP) is 3.54. The highest BCUT2D eigenvalue weighted by Gasteiger charge is 1.94. The molecule has 0 aliphatic heterocycles. The SMILES string of the molecule is Clc1ccc(Nc2cscn2)cc1. The molecule has 2 aromatic rings. The van der Waals surface area contributed by atoms with Crippen LogP contribution >= 0.6 is 22.9 Å². The van der Waals surface area contributed by atoms with Crippen LogP contribution in [0.15, 0.2) is 35.2 Å². The maximum absolute atomic E-state index is 5.75. The third-order valence-corrected chi connectivity index (χ3v) is 2.39. The van der Waals surface area contributed by atoms with Crippen LogP contribution in [0.2, 0.25) is 5.02 Å². The van der Waals surface area contributed by atoms with Gasteiger partial charge in [0.25, 0.3) is 0 Å². The number of anilines is 2. The van der Waals surface area contributed by atoms with Crippen molar-refractivity contribution < 1.29 is 0 Å². The van der Waals surface area contributed by atoms with Crippen LogP contribution in [0.5, 0.6) is 0 Å². The largest absolute Gasteiger partial charge is 0.340 e. The Morgan fingerprint density at radius 1 is 1.23 bits per heavy atom. The lowest BCUT2D eigenvalue weighted by atomic mass is 10.3. The molecule has 1 heterocycles. The molecule has 0 bridgehead atoms. The molecule has 0 saturated carbocycles. The van der Waals surface area contributed by atoms with Crippen LogP contribution in [0.25, 0.3) is 0 Å². The first-order chi connectivity index (χ1) is 6.34. The number of benzene rings is 1. The highest BCUT2D eigenvalue weighted by Crippen LogP contribution is 2.18. The van der Waals surface area contributed by atoms with Gasteiger partial charge in [-0.05, 0) is 24.3 Å². The standard InChI is InChI=1S/C9H7ClN2S/c10-7-1-3-8(4-2-7)12-9-5-13-6-11-9/h1-6,12H. The number of thiazole rings is 1. The molecule has 2 nitrogen and oxygen atoms in total. The molecule has 0 amide bonds. The fourth-order valence-electron chi connectivity index (χ4n) is 0.955. The van der Waals surface area contributed by atoms with E-state index in [1.54, 1.807) is 16.8 Å². The highest BCUT2D eigenvalue weighted by atomic mass is 35.5. The number of hydrogen-bond donors (Lipinski definition) is 1. The lowest BCUT2D eigenvalue weighted by Gasteiger charge is -2.01. The van der Waals surface area contributed by atoms with Crippen LogP contribution in [0, 0.1) is 0 Å². The summed E-state index contributed by atoms with van der Waals surface area (Å²) in [5.74, 6) is 0.868. The molecule has 0 radical (unpaired) electrons. The zero-order valence-electron chi connectivity index (χ0n) is 6.70. The maximum atomic E-state index is 5.75. The summed E-state index contributed by atoms with van der Waals surface area (Å²) in [6, 6.07) is 7.52. The van der Waals surface area contributed by atoms with Gasteiger partial charge in [-0.25, -0.2) is 4.98 Å². The average Bonchev–Trinajstić information content (AvgIpc) is 2.62. The van der Waals surface area contributed by atoms with Gasteiger partial charge < -0.3 is 5.32 Å². The Hall–Kier alpha value is -1.06. The third-order valence-electron chi connectivity index (χ3n) is 1.55. The van der Waals surface area contributed by atoms with Gasteiger partial charge >= 0.3 is 0 Å². The number of halogens is 1. The molecule has 1 N–H and O–H groups in total. The summed E-state index contributed by atoms with van der Waals surface area (Å²) < 4.78 is 0. The highest BCUT2D eigenvalue weighted by molar-refractivity contribution is 7.07. The lowest BCUT2D eigenvalue weighted by molar-refractivity contribution is 1.38. The van der Waals surface area contributed by atoms with Crippen molar-refractivity contribution in [3.63, 3.8) is 0 Å². The first kappa shape index (κ1) is 8.53. The van der Waals surface area contributed by atoms with Crippen molar-refractivity contribution in [2.45, 2.75) is 0 Å². The molecule has 0 atom stereocenters. The number of aromatic nitrogens is 1. The summed E-state index contributed by atoms with van der Waals surface area (Å²) >= 11 is 7.31. The van der Waals surface area contributed by atoms with Gasteiger partial charge in [-0.1, -0.05) is 11.6 Å². The van der Waals surface area contributed by atoms with Gasteiger partial charge in [0.05, 0.1) is 5.51 Å². The van der Waals surface area contributed by atoms with Gasteiger partial charge in [-0.3, -0.25) is 0 Å². The first-order valence-corrected chi connectivity index (χ1v) is 5.07. The minimum atomic E-state index is 0.740. The van der Waals surface area contributed by atoms with E-state index in [9.17, 15) is 0 Å². The van der Waals surface area contributed by atoms with E-state index in [4.69, 9.17) is 11.6 Å². The minimum absolute atomic E-state index is 0.740. The molecular formula is C9H7ClN2S. The second-order valence-corrected chi connectivity index (χ2v) is 3.66. The first-order valence-electron chi connectivity index (χ1n) is 3.75. The van der Waals surface area contributed by atoms with Crippen LogP contribution in [0.4, 0.5) is 11.5 Å². The third kappa shape index (κ3) is 2.20. The fraction of sp³-hybridized carbons (Fsp3) is 0. The molecule has 4 heteroatoms. The summed E-state index contributed by atoms with van der Waals surface area (Å²) in [6.07, 6.45) is 0. The average molecular weight is 211 g/mol. The monoisotopic (exact) mass is 210 g/mol. The van der Waals surface area contributed by atoms with Crippen LogP contribution in [0.1, 0.15) is 0 Å². The molecule has 0 aliphatic carbocycles. The predicted molar refractivity (Wildman–Crippen MR) is 56.8 cm³/mol. The zero-order chi connectivity index (χ0) is 9.10. The molecular weight excluding hydrogens is 204 g/mol. The summed E-state index contributed by atoms with van der Waals surface area (Å²) in [7, 11) is 0. The number of nitrogens with one attached hydrogen (secondary N) is 1. The molecule has 0 fully saturated rings. The molecule has 0 saturated heterocycles. The Labute approximate surface area is 85.2 Å². The van der Waals surface area contributed by atoms with Crippen LogP contribution in [-0.2, 0) is 0 Å². The maximum Gasteiger partial charge on any atom is 0.141 e. The Morgan fingerprint density at radius 2 is 2.00 bits per heavy atom. The summed E-state index contributed by atoms with van der Waals surface area (Å²) in [6.45, 7) is 0. The smallest absolute Gasteiger partial charge is 0.141 e. The Kier molecular flexibility index (Phi) is 2.47. The molecule has 0 spiro atoms. The summed E-state index contributed by atoms with van der Waals surface area (Å²) in [5.41, 5.74) is 2.79.